The highest BCUT2D eigenvalue weighted by molar-refractivity contribution is 6.30. The summed E-state index contributed by atoms with van der Waals surface area (Å²) in [5.41, 5.74) is -0.161. The molecule has 0 aliphatic heterocycles. The fourth-order valence-corrected chi connectivity index (χ4v) is 0.781. The van der Waals surface area contributed by atoms with E-state index in [1.165, 1.54) is 0 Å². The minimum absolute atomic E-state index is 0.161. The van der Waals surface area contributed by atoms with E-state index in [0.717, 1.165) is 6.08 Å². The van der Waals surface area contributed by atoms with Crippen LogP contribution < -0.4 is 0 Å². The molecule has 0 N–H and O–H groups in total. The third-order valence-corrected chi connectivity index (χ3v) is 3.01. The molecule has 14 heavy (non-hydrogen) atoms. The normalized spacial score (nSPS) is 15.1. The first kappa shape index (κ1) is 13.8. The summed E-state index contributed by atoms with van der Waals surface area (Å²) >= 11 is 5.10. The molecule has 0 aromatic heterocycles. The number of allylic oxidation sites excluding steroid dienone is 2. The molecule has 84 valence electrons. The van der Waals surface area contributed by atoms with Gasteiger partial charge in [-0.25, -0.2) is 0 Å². The standard InChI is InChI=1S/C10H16ClF3/c1-7(2)9(3,4)6-5-8(11)10(12,13)14/h5,7H,6H2,1-4H3/b8-5+. The van der Waals surface area contributed by atoms with Gasteiger partial charge in [0.15, 0.2) is 0 Å². The zero-order chi connectivity index (χ0) is 11.6. The van der Waals surface area contributed by atoms with Gasteiger partial charge in [-0.2, -0.15) is 13.2 Å². The Morgan fingerprint density at radius 3 is 2.00 bits per heavy atom. The Balaban J connectivity index is 4.44. The van der Waals surface area contributed by atoms with Gasteiger partial charge in [-0.15, -0.1) is 0 Å². The molecule has 0 heterocycles. The predicted octanol–water partition coefficient (Wildman–Crippen LogP) is 4.74. The second-order valence-electron chi connectivity index (χ2n) is 4.40. The summed E-state index contributed by atoms with van der Waals surface area (Å²) in [6, 6.07) is 0. The number of halogens is 4. The Morgan fingerprint density at radius 2 is 1.71 bits per heavy atom. The second kappa shape index (κ2) is 4.56. The van der Waals surface area contributed by atoms with E-state index in [0.29, 0.717) is 12.3 Å². The average Bonchev–Trinajstić information content (AvgIpc) is 1.98. The number of alkyl halides is 3. The lowest BCUT2D eigenvalue weighted by atomic mass is 9.78. The maximum Gasteiger partial charge on any atom is 0.426 e. The quantitative estimate of drug-likeness (QED) is 0.654. The first-order valence-corrected chi connectivity index (χ1v) is 4.88. The van der Waals surface area contributed by atoms with Crippen molar-refractivity contribution in [3.05, 3.63) is 11.1 Å². The van der Waals surface area contributed by atoms with E-state index in [1.807, 2.05) is 27.7 Å². The molecule has 0 saturated heterocycles. The highest BCUT2D eigenvalue weighted by Gasteiger charge is 2.33. The lowest BCUT2D eigenvalue weighted by Crippen LogP contribution is -2.18. The Bertz CT molecular complexity index is 214. The fourth-order valence-electron chi connectivity index (χ4n) is 0.704. The molecule has 0 amide bonds. The van der Waals surface area contributed by atoms with Crippen molar-refractivity contribution >= 4 is 11.6 Å². The second-order valence-corrected chi connectivity index (χ2v) is 4.80. The monoisotopic (exact) mass is 228 g/mol. The number of rotatable bonds is 3. The molecule has 0 aliphatic carbocycles. The molecule has 0 bridgehead atoms. The lowest BCUT2D eigenvalue weighted by Gasteiger charge is -2.27. The largest absolute Gasteiger partial charge is 0.426 e. The van der Waals surface area contributed by atoms with Crippen molar-refractivity contribution in [3.63, 3.8) is 0 Å². The van der Waals surface area contributed by atoms with Crippen LogP contribution in [0.25, 0.3) is 0 Å². The molecule has 0 radical (unpaired) electrons. The predicted molar refractivity (Wildman–Crippen MR) is 53.2 cm³/mol. The fraction of sp³-hybridized carbons (Fsp3) is 0.800. The molecular weight excluding hydrogens is 213 g/mol. The summed E-state index contributed by atoms with van der Waals surface area (Å²) < 4.78 is 36.1. The summed E-state index contributed by atoms with van der Waals surface area (Å²) in [4.78, 5) is 0. The maximum absolute atomic E-state index is 12.0. The molecule has 0 nitrogen and oxygen atoms in total. The van der Waals surface area contributed by atoms with Crippen LogP contribution in [0.15, 0.2) is 11.1 Å². The van der Waals surface area contributed by atoms with Gasteiger partial charge in [-0.1, -0.05) is 45.4 Å². The Morgan fingerprint density at radius 1 is 1.29 bits per heavy atom. The highest BCUT2D eigenvalue weighted by Crippen LogP contribution is 2.34. The van der Waals surface area contributed by atoms with Gasteiger partial charge in [0.2, 0.25) is 0 Å². The van der Waals surface area contributed by atoms with Crippen LogP contribution >= 0.6 is 11.6 Å². The van der Waals surface area contributed by atoms with Gasteiger partial charge in [-0.3, -0.25) is 0 Å². The Kier molecular flexibility index (Phi) is 4.50. The van der Waals surface area contributed by atoms with Gasteiger partial charge in [0.25, 0.3) is 0 Å². The topological polar surface area (TPSA) is 0 Å². The first-order chi connectivity index (χ1) is 6.07. The molecule has 0 spiro atoms. The molecule has 0 aromatic carbocycles. The van der Waals surface area contributed by atoms with Crippen molar-refractivity contribution < 1.29 is 13.2 Å². The SMILES string of the molecule is CC(C)C(C)(C)C/C=C(/Cl)C(F)(F)F. The van der Waals surface area contributed by atoms with E-state index in [-0.39, 0.29) is 5.41 Å². The third-order valence-electron chi connectivity index (χ3n) is 2.64. The molecular formula is C10H16ClF3. The highest BCUT2D eigenvalue weighted by atomic mass is 35.5. The Labute approximate surface area is 88.1 Å². The van der Waals surface area contributed by atoms with Crippen molar-refractivity contribution in [1.29, 1.82) is 0 Å². The van der Waals surface area contributed by atoms with Gasteiger partial charge < -0.3 is 0 Å². The summed E-state index contributed by atoms with van der Waals surface area (Å²) in [6.07, 6.45) is -3.01. The molecule has 0 atom stereocenters. The summed E-state index contributed by atoms with van der Waals surface area (Å²) in [7, 11) is 0. The molecule has 0 rings (SSSR count). The van der Waals surface area contributed by atoms with Gasteiger partial charge in [-0.05, 0) is 17.8 Å². The van der Waals surface area contributed by atoms with Crippen LogP contribution in [-0.2, 0) is 0 Å². The minimum atomic E-state index is -4.41. The van der Waals surface area contributed by atoms with E-state index in [1.54, 1.807) is 0 Å². The number of hydrogen-bond donors (Lipinski definition) is 0. The van der Waals surface area contributed by atoms with Crippen LogP contribution in [0.3, 0.4) is 0 Å². The van der Waals surface area contributed by atoms with Gasteiger partial charge in [0.05, 0.1) is 0 Å². The van der Waals surface area contributed by atoms with Crippen LogP contribution in [0.4, 0.5) is 13.2 Å². The van der Waals surface area contributed by atoms with Gasteiger partial charge in [0, 0.05) is 0 Å². The Hall–Kier alpha value is -0.180. The first-order valence-electron chi connectivity index (χ1n) is 4.50. The lowest BCUT2D eigenvalue weighted by molar-refractivity contribution is -0.0848. The minimum Gasteiger partial charge on any atom is -0.165 e. The van der Waals surface area contributed by atoms with E-state index >= 15 is 0 Å². The molecule has 4 heteroatoms. The van der Waals surface area contributed by atoms with Gasteiger partial charge >= 0.3 is 6.18 Å². The van der Waals surface area contributed by atoms with Gasteiger partial charge in [0.1, 0.15) is 5.03 Å². The van der Waals surface area contributed by atoms with Crippen LogP contribution in [-0.4, -0.2) is 6.18 Å². The van der Waals surface area contributed by atoms with Crippen molar-refractivity contribution in [3.8, 4) is 0 Å². The summed E-state index contributed by atoms with van der Waals surface area (Å²) in [5.74, 6) is 0.316. The molecule has 0 unspecified atom stereocenters. The number of hydrogen-bond acceptors (Lipinski definition) is 0. The zero-order valence-corrected chi connectivity index (χ0v) is 9.63. The summed E-state index contributed by atoms with van der Waals surface area (Å²) in [6.45, 7) is 7.81. The van der Waals surface area contributed by atoms with Crippen LogP contribution in [0.5, 0.6) is 0 Å². The van der Waals surface area contributed by atoms with E-state index in [4.69, 9.17) is 11.6 Å². The van der Waals surface area contributed by atoms with Crippen molar-refractivity contribution in [1.82, 2.24) is 0 Å². The maximum atomic E-state index is 12.0. The smallest absolute Gasteiger partial charge is 0.165 e. The van der Waals surface area contributed by atoms with E-state index in [2.05, 4.69) is 0 Å². The van der Waals surface area contributed by atoms with Crippen molar-refractivity contribution in [2.24, 2.45) is 11.3 Å². The molecule has 0 aromatic rings. The van der Waals surface area contributed by atoms with Crippen LogP contribution in [0.2, 0.25) is 0 Å². The van der Waals surface area contributed by atoms with E-state index < -0.39 is 11.2 Å². The third kappa shape index (κ3) is 4.36. The average molecular weight is 229 g/mol. The van der Waals surface area contributed by atoms with Crippen LogP contribution in [0, 0.1) is 11.3 Å². The zero-order valence-electron chi connectivity index (χ0n) is 8.87. The molecule has 0 saturated carbocycles. The van der Waals surface area contributed by atoms with Crippen molar-refractivity contribution in [2.45, 2.75) is 40.3 Å². The molecule has 0 aliphatic rings. The van der Waals surface area contributed by atoms with Crippen molar-refractivity contribution in [2.75, 3.05) is 0 Å². The molecule has 0 fully saturated rings. The summed E-state index contributed by atoms with van der Waals surface area (Å²) in [5, 5.41) is -1.02. The van der Waals surface area contributed by atoms with Crippen LogP contribution in [0.1, 0.15) is 34.1 Å². The van der Waals surface area contributed by atoms with E-state index in [9.17, 15) is 13.2 Å².